The molecule has 0 aromatic rings. The van der Waals surface area contributed by atoms with Crippen molar-refractivity contribution < 1.29 is 9.90 Å². The van der Waals surface area contributed by atoms with Gasteiger partial charge in [0.1, 0.15) is 0 Å². The van der Waals surface area contributed by atoms with Crippen LogP contribution in [0.5, 0.6) is 0 Å². The van der Waals surface area contributed by atoms with Crippen molar-refractivity contribution in [3.63, 3.8) is 0 Å². The van der Waals surface area contributed by atoms with Gasteiger partial charge < -0.3 is 10.4 Å². The van der Waals surface area contributed by atoms with Crippen molar-refractivity contribution in [1.29, 1.82) is 0 Å². The smallest absolute Gasteiger partial charge is 0.234 e. The lowest BCUT2D eigenvalue weighted by Crippen LogP contribution is -2.37. The first-order chi connectivity index (χ1) is 9.65. The zero-order chi connectivity index (χ0) is 14.4. The van der Waals surface area contributed by atoms with Gasteiger partial charge in [-0.3, -0.25) is 9.69 Å². The first kappa shape index (κ1) is 15.8. The van der Waals surface area contributed by atoms with E-state index in [4.69, 9.17) is 0 Å². The maximum atomic E-state index is 11.9. The van der Waals surface area contributed by atoms with Crippen molar-refractivity contribution in [3.05, 3.63) is 0 Å². The number of nitrogens with one attached hydrogen (secondary N) is 1. The average molecular weight is 282 g/mol. The molecule has 1 saturated heterocycles. The van der Waals surface area contributed by atoms with Crippen LogP contribution in [0.2, 0.25) is 0 Å². The van der Waals surface area contributed by atoms with Crippen molar-refractivity contribution in [2.24, 2.45) is 11.8 Å². The Morgan fingerprint density at radius 1 is 1.30 bits per heavy atom. The quantitative estimate of drug-likeness (QED) is 0.781. The molecule has 1 amide bonds. The van der Waals surface area contributed by atoms with E-state index in [0.29, 0.717) is 12.5 Å². The van der Waals surface area contributed by atoms with Gasteiger partial charge in [0.2, 0.25) is 5.91 Å². The molecular formula is C16H30N2O2. The summed E-state index contributed by atoms with van der Waals surface area (Å²) in [5.41, 5.74) is 0. The van der Waals surface area contributed by atoms with Gasteiger partial charge in [-0.1, -0.05) is 32.1 Å². The third-order valence-electron chi connectivity index (χ3n) is 4.96. The molecule has 1 aliphatic carbocycles. The van der Waals surface area contributed by atoms with Crippen molar-refractivity contribution in [3.8, 4) is 0 Å². The van der Waals surface area contributed by atoms with Gasteiger partial charge >= 0.3 is 0 Å². The molecule has 116 valence electrons. The molecule has 0 aromatic heterocycles. The molecule has 1 saturated carbocycles. The standard InChI is InChI=1S/C16H30N2O2/c1-13(19)15-8-10-18(11-15)12-16(20)17-9-7-14-5-3-2-4-6-14/h13-15,19H,2-12H2,1H3,(H,17,20). The summed E-state index contributed by atoms with van der Waals surface area (Å²) in [6.45, 7) is 4.96. The fraction of sp³-hybridized carbons (Fsp3) is 0.938. The molecule has 2 fully saturated rings. The zero-order valence-corrected chi connectivity index (χ0v) is 12.8. The fourth-order valence-corrected chi connectivity index (χ4v) is 3.55. The summed E-state index contributed by atoms with van der Waals surface area (Å²) in [6.07, 6.45) is 8.71. The van der Waals surface area contributed by atoms with E-state index in [1.807, 2.05) is 6.92 Å². The summed E-state index contributed by atoms with van der Waals surface area (Å²) >= 11 is 0. The number of aliphatic hydroxyl groups excluding tert-OH is 1. The third-order valence-corrected chi connectivity index (χ3v) is 4.96. The number of rotatable bonds is 6. The minimum Gasteiger partial charge on any atom is -0.393 e. The van der Waals surface area contributed by atoms with E-state index in [1.165, 1.54) is 32.1 Å². The van der Waals surface area contributed by atoms with Gasteiger partial charge in [-0.25, -0.2) is 0 Å². The van der Waals surface area contributed by atoms with Crippen molar-refractivity contribution in [2.75, 3.05) is 26.2 Å². The number of hydrogen-bond donors (Lipinski definition) is 2. The predicted molar refractivity (Wildman–Crippen MR) is 80.4 cm³/mol. The second-order valence-electron chi connectivity index (χ2n) is 6.67. The van der Waals surface area contributed by atoms with Crippen LogP contribution < -0.4 is 5.32 Å². The lowest BCUT2D eigenvalue weighted by Gasteiger charge is -2.22. The molecule has 0 radical (unpaired) electrons. The predicted octanol–water partition coefficient (Wildman–Crippen LogP) is 1.78. The van der Waals surface area contributed by atoms with Crippen LogP contribution in [0.4, 0.5) is 0 Å². The molecule has 2 N–H and O–H groups in total. The lowest BCUT2D eigenvalue weighted by atomic mass is 9.87. The summed E-state index contributed by atoms with van der Waals surface area (Å²) in [7, 11) is 0. The average Bonchev–Trinajstić information content (AvgIpc) is 2.88. The number of aliphatic hydroxyl groups is 1. The minimum absolute atomic E-state index is 0.145. The molecule has 2 atom stereocenters. The Morgan fingerprint density at radius 2 is 2.05 bits per heavy atom. The molecule has 2 rings (SSSR count). The van der Waals surface area contributed by atoms with Crippen LogP contribution in [0.3, 0.4) is 0 Å². The van der Waals surface area contributed by atoms with E-state index >= 15 is 0 Å². The van der Waals surface area contributed by atoms with Crippen LogP contribution in [0, 0.1) is 11.8 Å². The van der Waals surface area contributed by atoms with Crippen molar-refractivity contribution in [2.45, 2.75) is 58.0 Å². The van der Waals surface area contributed by atoms with Gasteiger partial charge in [0.15, 0.2) is 0 Å². The summed E-state index contributed by atoms with van der Waals surface area (Å²) in [6, 6.07) is 0. The molecule has 4 heteroatoms. The molecule has 1 heterocycles. The molecule has 4 nitrogen and oxygen atoms in total. The number of carbonyl (C=O) groups excluding carboxylic acids is 1. The van der Waals surface area contributed by atoms with Crippen molar-refractivity contribution in [1.82, 2.24) is 10.2 Å². The van der Waals surface area contributed by atoms with Crippen LogP contribution in [-0.2, 0) is 4.79 Å². The zero-order valence-electron chi connectivity index (χ0n) is 12.8. The Hall–Kier alpha value is -0.610. The monoisotopic (exact) mass is 282 g/mol. The maximum Gasteiger partial charge on any atom is 0.234 e. The number of nitrogens with zero attached hydrogens (tertiary/aromatic N) is 1. The molecule has 0 aromatic carbocycles. The number of amides is 1. The topological polar surface area (TPSA) is 52.6 Å². The number of hydrogen-bond acceptors (Lipinski definition) is 3. The van der Waals surface area contributed by atoms with Crippen LogP contribution >= 0.6 is 0 Å². The van der Waals surface area contributed by atoms with Crippen LogP contribution in [0.25, 0.3) is 0 Å². The number of likely N-dealkylation sites (tertiary alicyclic amines) is 1. The molecule has 0 bridgehead atoms. The van der Waals surface area contributed by atoms with E-state index < -0.39 is 0 Å². The number of carbonyl (C=O) groups is 1. The minimum atomic E-state index is -0.255. The Balaban J connectivity index is 1.56. The highest BCUT2D eigenvalue weighted by Gasteiger charge is 2.26. The summed E-state index contributed by atoms with van der Waals surface area (Å²) in [5.74, 6) is 1.31. The van der Waals surface area contributed by atoms with E-state index in [9.17, 15) is 9.90 Å². The lowest BCUT2D eigenvalue weighted by molar-refractivity contribution is -0.122. The van der Waals surface area contributed by atoms with Gasteiger partial charge in [0.05, 0.1) is 12.6 Å². The SMILES string of the molecule is CC(O)C1CCN(CC(=O)NCCC2CCCCC2)C1. The third kappa shape index (κ3) is 5.06. The highest BCUT2D eigenvalue weighted by atomic mass is 16.3. The van der Waals surface area contributed by atoms with Crippen LogP contribution in [0.15, 0.2) is 0 Å². The highest BCUT2D eigenvalue weighted by Crippen LogP contribution is 2.25. The Kier molecular flexibility index (Phi) is 6.30. The first-order valence-electron chi connectivity index (χ1n) is 8.32. The van der Waals surface area contributed by atoms with Gasteiger partial charge in [0.25, 0.3) is 0 Å². The van der Waals surface area contributed by atoms with Crippen LogP contribution in [-0.4, -0.2) is 48.2 Å². The Morgan fingerprint density at radius 3 is 2.70 bits per heavy atom. The van der Waals surface area contributed by atoms with Crippen molar-refractivity contribution >= 4 is 5.91 Å². The first-order valence-corrected chi connectivity index (χ1v) is 8.32. The highest BCUT2D eigenvalue weighted by molar-refractivity contribution is 5.78. The van der Waals surface area contributed by atoms with Gasteiger partial charge in [-0.15, -0.1) is 0 Å². The molecule has 1 aliphatic heterocycles. The molecule has 2 unspecified atom stereocenters. The van der Waals surface area contributed by atoms with E-state index in [-0.39, 0.29) is 12.0 Å². The largest absolute Gasteiger partial charge is 0.393 e. The van der Waals surface area contributed by atoms with Gasteiger partial charge in [-0.2, -0.15) is 0 Å². The normalized spacial score (nSPS) is 26.6. The van der Waals surface area contributed by atoms with E-state index in [2.05, 4.69) is 10.2 Å². The summed E-state index contributed by atoms with van der Waals surface area (Å²) < 4.78 is 0. The fourth-order valence-electron chi connectivity index (χ4n) is 3.55. The van der Waals surface area contributed by atoms with Gasteiger partial charge in [-0.05, 0) is 38.1 Å². The second-order valence-corrected chi connectivity index (χ2v) is 6.67. The molecular weight excluding hydrogens is 252 g/mol. The maximum absolute atomic E-state index is 11.9. The van der Waals surface area contributed by atoms with E-state index in [0.717, 1.165) is 38.4 Å². The second kappa shape index (κ2) is 7.99. The Labute approximate surface area is 122 Å². The summed E-state index contributed by atoms with van der Waals surface area (Å²) in [4.78, 5) is 14.1. The summed E-state index contributed by atoms with van der Waals surface area (Å²) in [5, 5.41) is 12.6. The van der Waals surface area contributed by atoms with Crippen LogP contribution in [0.1, 0.15) is 51.9 Å². The van der Waals surface area contributed by atoms with Gasteiger partial charge in [0, 0.05) is 13.1 Å². The van der Waals surface area contributed by atoms with E-state index in [1.54, 1.807) is 0 Å². The molecule has 2 aliphatic rings. The molecule has 20 heavy (non-hydrogen) atoms. The molecule has 0 spiro atoms. The Bertz CT molecular complexity index is 301.